The molecule has 1 saturated heterocycles. The number of hydrogen-bond donors (Lipinski definition) is 2. The molecule has 2 N–H and O–H groups in total. The van der Waals surface area contributed by atoms with E-state index in [0.29, 0.717) is 0 Å². The van der Waals surface area contributed by atoms with Gasteiger partial charge in [0.15, 0.2) is 17.4 Å². The second-order valence-electron chi connectivity index (χ2n) is 8.66. The summed E-state index contributed by atoms with van der Waals surface area (Å²) >= 11 is 0. The van der Waals surface area contributed by atoms with Crippen LogP contribution in [0.2, 0.25) is 0 Å². The highest BCUT2D eigenvalue weighted by atomic mass is 16.6. The van der Waals surface area contributed by atoms with Crippen LogP contribution in [0.1, 0.15) is 49.1 Å². The van der Waals surface area contributed by atoms with E-state index in [2.05, 4.69) is 15.0 Å². The van der Waals surface area contributed by atoms with Crippen molar-refractivity contribution < 1.29 is 20.7 Å². The van der Waals surface area contributed by atoms with E-state index in [9.17, 15) is 9.90 Å². The Labute approximate surface area is 159 Å². The summed E-state index contributed by atoms with van der Waals surface area (Å²) in [4.78, 5) is 22.5. The van der Waals surface area contributed by atoms with Gasteiger partial charge in [0, 0.05) is 0 Å². The number of rotatable bonds is 4. The van der Waals surface area contributed by atoms with Gasteiger partial charge < -0.3 is 24.3 Å². The maximum Gasteiger partial charge on any atom is 0.278 e. The lowest BCUT2D eigenvalue weighted by Crippen LogP contribution is -2.42. The second-order valence-corrected chi connectivity index (χ2v) is 8.66. The molecule has 1 aliphatic heterocycles. The molecule has 1 aliphatic rings. The van der Waals surface area contributed by atoms with Gasteiger partial charge in [-0.1, -0.05) is 0 Å². The minimum Gasteiger partial charge on any atom is -0.386 e. The van der Waals surface area contributed by atoms with Gasteiger partial charge in [-0.25, -0.2) is 9.97 Å². The molecule has 2 aromatic heterocycles. The van der Waals surface area contributed by atoms with Crippen LogP contribution in [0.5, 0.6) is 0 Å². The number of fused-ring (bicyclic) bond motifs is 1. The number of nitrogens with one attached hydrogen (secondary N) is 1. The first kappa shape index (κ1) is 18.5. The molecular weight excluding hydrogens is 352 g/mol. The van der Waals surface area contributed by atoms with Crippen LogP contribution in [-0.2, 0) is 14.2 Å². The van der Waals surface area contributed by atoms with Crippen LogP contribution in [0, 0.1) is 0 Å². The first-order valence-corrected chi connectivity index (χ1v) is 8.95. The van der Waals surface area contributed by atoms with Crippen LogP contribution >= 0.6 is 0 Å². The molecule has 0 aliphatic carbocycles. The number of H-pyrrole nitrogens is 1. The van der Waals surface area contributed by atoms with Gasteiger partial charge in [-0.3, -0.25) is 9.36 Å². The summed E-state index contributed by atoms with van der Waals surface area (Å²) in [5.41, 5.74) is -1.19. The molecule has 4 atom stereocenters. The van der Waals surface area contributed by atoms with Crippen LogP contribution in [0.3, 0.4) is 0 Å². The Kier molecular flexibility index (Phi) is 4.79. The van der Waals surface area contributed by atoms with E-state index in [1.165, 1.54) is 10.9 Å². The molecule has 0 radical (unpaired) electrons. The number of nitrogens with zero attached hydrogens (tertiary/aromatic N) is 3. The van der Waals surface area contributed by atoms with Gasteiger partial charge in [0.1, 0.15) is 19.7 Å². The van der Waals surface area contributed by atoms with Crippen LogP contribution in [0.4, 0.5) is 0 Å². The largest absolute Gasteiger partial charge is 0.386 e. The Balaban J connectivity index is 1.97. The summed E-state index contributed by atoms with van der Waals surface area (Å²) < 4.78 is 27.4. The summed E-state index contributed by atoms with van der Waals surface area (Å²) in [5.74, 6) is 0. The van der Waals surface area contributed by atoms with E-state index in [1.54, 1.807) is 0 Å². The van der Waals surface area contributed by atoms with E-state index < -0.39 is 41.3 Å². The molecule has 9 heteroatoms. The number of aromatic nitrogens is 4. The zero-order chi connectivity index (χ0) is 20.9. The molecule has 0 aromatic carbocycles. The van der Waals surface area contributed by atoms with Crippen molar-refractivity contribution in [1.29, 1.82) is 0 Å². The number of ether oxygens (including phenoxy) is 3. The third-order valence-electron chi connectivity index (χ3n) is 4.04. The molecule has 0 bridgehead atoms. The van der Waals surface area contributed by atoms with Crippen LogP contribution in [-0.4, -0.2) is 60.7 Å². The molecule has 0 saturated carbocycles. The fourth-order valence-corrected chi connectivity index (χ4v) is 2.94. The highest BCUT2D eigenvalue weighted by Gasteiger charge is 2.48. The van der Waals surface area contributed by atoms with Gasteiger partial charge >= 0.3 is 0 Å². The highest BCUT2D eigenvalue weighted by molar-refractivity contribution is 5.68. The van der Waals surface area contributed by atoms with Gasteiger partial charge in [-0.05, 0) is 41.5 Å². The van der Waals surface area contributed by atoms with Gasteiger partial charge in [-0.15, -0.1) is 0 Å². The topological polar surface area (TPSA) is 111 Å². The summed E-state index contributed by atoms with van der Waals surface area (Å²) in [6.45, 7) is 11.6. The van der Waals surface area contributed by atoms with Crippen molar-refractivity contribution in [3.8, 4) is 0 Å². The minimum atomic E-state index is -1.10. The van der Waals surface area contributed by atoms with E-state index >= 15 is 0 Å². The van der Waals surface area contributed by atoms with Crippen molar-refractivity contribution in [3.05, 3.63) is 23.0 Å². The molecule has 3 rings (SSSR count). The first-order valence-electron chi connectivity index (χ1n) is 9.45. The first-order chi connectivity index (χ1) is 12.9. The summed E-state index contributed by atoms with van der Waals surface area (Å²) in [6, 6.07) is 0. The van der Waals surface area contributed by atoms with E-state index in [0.717, 1.165) is 0 Å². The molecule has 3 unspecified atom stereocenters. The normalized spacial score (nSPS) is 27.3. The zero-order valence-electron chi connectivity index (χ0n) is 17.5. The van der Waals surface area contributed by atoms with Crippen LogP contribution < -0.4 is 5.56 Å². The maximum atomic E-state index is 12.0. The van der Waals surface area contributed by atoms with Gasteiger partial charge in [0.25, 0.3) is 5.56 Å². The number of hydrogen-bond acceptors (Lipinski definition) is 7. The average Bonchev–Trinajstić information content (AvgIpc) is 3.02. The Morgan fingerprint density at radius 2 is 2.00 bits per heavy atom. The van der Waals surface area contributed by atoms with E-state index in [4.69, 9.17) is 15.6 Å². The number of aromatic amines is 1. The number of aliphatic hydroxyl groups is 1. The maximum absolute atomic E-state index is 12.0. The Hall–Kier alpha value is -1.81. The highest BCUT2D eigenvalue weighted by Crippen LogP contribution is 2.35. The lowest BCUT2D eigenvalue weighted by Gasteiger charge is -2.30. The molecular formula is C18H28N4O5. The fourth-order valence-electron chi connectivity index (χ4n) is 2.94. The summed E-state index contributed by atoms with van der Waals surface area (Å²) in [6.07, 6.45) is -2.34. The van der Waals surface area contributed by atoms with Crippen molar-refractivity contribution in [2.45, 2.75) is 77.3 Å². The van der Waals surface area contributed by atoms with E-state index in [1.807, 2.05) is 41.5 Å². The van der Waals surface area contributed by atoms with Crippen molar-refractivity contribution in [3.63, 3.8) is 0 Å². The molecule has 27 heavy (non-hydrogen) atoms. The Morgan fingerprint density at radius 3 is 2.63 bits per heavy atom. The predicted octanol–water partition coefficient (Wildman–Crippen LogP) is 1.38. The van der Waals surface area contributed by atoms with Crippen LogP contribution in [0.15, 0.2) is 17.4 Å². The Bertz CT molecular complexity index is 898. The van der Waals surface area contributed by atoms with Crippen molar-refractivity contribution in [1.82, 2.24) is 19.5 Å². The molecule has 0 spiro atoms. The molecule has 150 valence electrons. The molecule has 3 heterocycles. The molecule has 2 aromatic rings. The lowest BCUT2D eigenvalue weighted by atomic mass is 10.1. The predicted molar refractivity (Wildman–Crippen MR) is 98.4 cm³/mol. The van der Waals surface area contributed by atoms with Gasteiger partial charge in [0.05, 0.1) is 30.4 Å². The Morgan fingerprint density at radius 1 is 1.30 bits per heavy atom. The lowest BCUT2D eigenvalue weighted by molar-refractivity contribution is -0.138. The van der Waals surface area contributed by atoms with Crippen molar-refractivity contribution in [2.24, 2.45) is 0 Å². The number of imidazole rings is 1. The average molecular weight is 381 g/mol. The van der Waals surface area contributed by atoms with Gasteiger partial charge in [-0.2, -0.15) is 0 Å². The fraction of sp³-hybridized carbons (Fsp3) is 0.722. The number of aliphatic hydroxyl groups excluding tert-OH is 1. The SMILES string of the molecule is [2H]c1nc2c(=O)[nH]cnc2n1C1OC(COC(C)(C)C)[C@@H](OC(C)(C)C)C1O. The third kappa shape index (κ3) is 4.37. The van der Waals surface area contributed by atoms with Gasteiger partial charge in [0.2, 0.25) is 0 Å². The standard InChI is InChI=1S/C18H28N4O5/c1-17(2,3)25-7-10-13(27-18(4,5)6)12(23)16(26-10)22-9-21-11-14(22)19-8-20-15(11)24/h8-10,12-13,16,23H,7H2,1-6H3,(H,19,20,24)/t10?,12?,13-,16?/m1/s1/i9D. The second kappa shape index (κ2) is 6.97. The summed E-state index contributed by atoms with van der Waals surface area (Å²) in [5, 5.41) is 11.0. The zero-order valence-corrected chi connectivity index (χ0v) is 16.5. The van der Waals surface area contributed by atoms with Crippen LogP contribution in [0.25, 0.3) is 11.2 Å². The smallest absolute Gasteiger partial charge is 0.278 e. The van der Waals surface area contributed by atoms with Crippen molar-refractivity contribution in [2.75, 3.05) is 6.61 Å². The van der Waals surface area contributed by atoms with E-state index in [-0.39, 0.29) is 24.1 Å². The molecule has 0 amide bonds. The molecule has 1 fully saturated rings. The monoisotopic (exact) mass is 381 g/mol. The minimum absolute atomic E-state index is 0.0194. The third-order valence-corrected chi connectivity index (χ3v) is 4.04. The quantitative estimate of drug-likeness (QED) is 0.823. The summed E-state index contributed by atoms with van der Waals surface area (Å²) in [7, 11) is 0. The molecule has 9 nitrogen and oxygen atoms in total. The van der Waals surface area contributed by atoms with Crippen molar-refractivity contribution >= 4 is 11.2 Å².